The summed E-state index contributed by atoms with van der Waals surface area (Å²) < 4.78 is 31.6. The zero-order valence-electron chi connectivity index (χ0n) is 13.6. The van der Waals surface area contributed by atoms with Gasteiger partial charge in [0.2, 0.25) is 0 Å². The predicted molar refractivity (Wildman–Crippen MR) is 93.3 cm³/mol. The van der Waals surface area contributed by atoms with Gasteiger partial charge >= 0.3 is 5.97 Å². The van der Waals surface area contributed by atoms with Crippen molar-refractivity contribution in [3.8, 4) is 0 Å². The van der Waals surface area contributed by atoms with Crippen LogP contribution in [0.25, 0.3) is 0 Å². The van der Waals surface area contributed by atoms with Gasteiger partial charge in [0.05, 0.1) is 5.75 Å². The van der Waals surface area contributed by atoms with Crippen molar-refractivity contribution in [3.63, 3.8) is 0 Å². The van der Waals surface area contributed by atoms with Gasteiger partial charge in [-0.1, -0.05) is 35.9 Å². The van der Waals surface area contributed by atoms with E-state index in [4.69, 9.17) is 4.74 Å². The minimum absolute atomic E-state index is 0.0786. The first-order valence-corrected chi connectivity index (χ1v) is 8.64. The number of benzene rings is 2. The van der Waals surface area contributed by atoms with Crippen LogP contribution in [0.1, 0.15) is 11.1 Å². The molecule has 0 fully saturated rings. The maximum Gasteiger partial charge on any atom is 0.316 e. The van der Waals surface area contributed by atoms with Gasteiger partial charge in [-0.2, -0.15) is 0 Å². The molecule has 0 aromatic heterocycles. The smallest absolute Gasteiger partial charge is 0.316 e. The molecular weight excluding hydrogens is 348 g/mol. The number of halogens is 2. The van der Waals surface area contributed by atoms with E-state index in [1.54, 1.807) is 0 Å². The highest BCUT2D eigenvalue weighted by Crippen LogP contribution is 2.18. The molecule has 0 radical (unpaired) electrons. The summed E-state index contributed by atoms with van der Waals surface area (Å²) in [4.78, 5) is 23.2. The van der Waals surface area contributed by atoms with Crippen molar-refractivity contribution < 1.29 is 23.1 Å². The molecule has 2 aromatic rings. The molecule has 1 amide bonds. The van der Waals surface area contributed by atoms with Crippen molar-refractivity contribution in [2.24, 2.45) is 0 Å². The van der Waals surface area contributed by atoms with Crippen molar-refractivity contribution in [3.05, 3.63) is 65.2 Å². The van der Waals surface area contributed by atoms with Crippen molar-refractivity contribution in [1.82, 2.24) is 0 Å². The number of carbonyl (C=O) groups is 2. The van der Waals surface area contributed by atoms with E-state index in [-0.39, 0.29) is 5.75 Å². The quantitative estimate of drug-likeness (QED) is 0.761. The molecule has 25 heavy (non-hydrogen) atoms. The molecule has 0 aliphatic rings. The Balaban J connectivity index is 1.70. The lowest BCUT2D eigenvalue weighted by Gasteiger charge is -2.08. The Hall–Kier alpha value is -2.41. The maximum atomic E-state index is 13.4. The average molecular weight is 365 g/mol. The summed E-state index contributed by atoms with van der Waals surface area (Å²) in [5, 5.41) is 2.05. The summed E-state index contributed by atoms with van der Waals surface area (Å²) >= 11 is 1.35. The molecule has 4 nitrogen and oxygen atoms in total. The molecule has 1 N–H and O–H groups in total. The normalized spacial score (nSPS) is 10.4. The topological polar surface area (TPSA) is 55.4 Å². The fourth-order valence-corrected chi connectivity index (χ4v) is 2.70. The number of esters is 1. The predicted octanol–water partition coefficient (Wildman–Crippen LogP) is 3.69. The molecule has 2 rings (SSSR count). The monoisotopic (exact) mass is 365 g/mol. The van der Waals surface area contributed by atoms with Gasteiger partial charge in [-0.25, -0.2) is 8.78 Å². The number of hydrogen-bond donors (Lipinski definition) is 1. The summed E-state index contributed by atoms with van der Waals surface area (Å²) in [6.45, 7) is 1.39. The summed E-state index contributed by atoms with van der Waals surface area (Å²) in [6.07, 6.45) is 0. The lowest BCUT2D eigenvalue weighted by atomic mass is 10.2. The zero-order valence-corrected chi connectivity index (χ0v) is 14.4. The SMILES string of the molecule is Cc1ccc(CSCC(=O)OCC(=O)Nc2c(F)cccc2F)cc1. The van der Waals surface area contributed by atoms with E-state index < -0.39 is 35.8 Å². The Morgan fingerprint density at radius 1 is 1.08 bits per heavy atom. The van der Waals surface area contributed by atoms with Gasteiger partial charge in [0, 0.05) is 5.75 Å². The standard InChI is InChI=1S/C18H17F2NO3S/c1-12-5-7-13(8-6-12)10-25-11-17(23)24-9-16(22)21-18-14(19)3-2-4-15(18)20/h2-8H,9-11H2,1H3,(H,21,22). The Morgan fingerprint density at radius 2 is 1.72 bits per heavy atom. The highest BCUT2D eigenvalue weighted by atomic mass is 32.2. The second kappa shape index (κ2) is 9.17. The van der Waals surface area contributed by atoms with E-state index >= 15 is 0 Å². The summed E-state index contributed by atoms with van der Waals surface area (Å²) in [6, 6.07) is 11.2. The lowest BCUT2D eigenvalue weighted by Crippen LogP contribution is -2.22. The first-order chi connectivity index (χ1) is 12.0. The van der Waals surface area contributed by atoms with Crippen LogP contribution in [0.15, 0.2) is 42.5 Å². The molecule has 7 heteroatoms. The molecule has 2 aromatic carbocycles. The molecule has 0 saturated heterocycles. The number of nitrogens with one attached hydrogen (secondary N) is 1. The average Bonchev–Trinajstić information content (AvgIpc) is 2.58. The Labute approximate surface area is 148 Å². The van der Waals surface area contributed by atoms with Gasteiger partial charge in [-0.05, 0) is 24.6 Å². The number of carbonyl (C=O) groups excluding carboxylic acids is 2. The van der Waals surface area contributed by atoms with Crippen molar-refractivity contribution in [2.45, 2.75) is 12.7 Å². The molecule has 132 valence electrons. The first-order valence-electron chi connectivity index (χ1n) is 7.48. The Morgan fingerprint density at radius 3 is 2.36 bits per heavy atom. The second-order valence-corrected chi connectivity index (χ2v) is 6.27. The number of thioether (sulfide) groups is 1. The summed E-state index contributed by atoms with van der Waals surface area (Å²) in [5.41, 5.74) is 1.68. The summed E-state index contributed by atoms with van der Waals surface area (Å²) in [5.74, 6) is -2.44. The third-order valence-corrected chi connectivity index (χ3v) is 4.18. The molecule has 0 heterocycles. The maximum absolute atomic E-state index is 13.4. The number of amides is 1. The highest BCUT2D eigenvalue weighted by molar-refractivity contribution is 7.99. The van der Waals surface area contributed by atoms with Crippen molar-refractivity contribution >= 4 is 29.3 Å². The van der Waals surface area contributed by atoms with Gasteiger partial charge in [-0.3, -0.25) is 9.59 Å². The van der Waals surface area contributed by atoms with Crippen LogP contribution < -0.4 is 5.32 Å². The molecule has 0 bridgehead atoms. The number of ether oxygens (including phenoxy) is 1. The fraction of sp³-hybridized carbons (Fsp3) is 0.222. The van der Waals surface area contributed by atoms with Crippen LogP contribution in [0.2, 0.25) is 0 Å². The summed E-state index contributed by atoms with van der Waals surface area (Å²) in [7, 11) is 0. The van der Waals surface area contributed by atoms with E-state index in [0.717, 1.165) is 23.3 Å². The van der Waals surface area contributed by atoms with Crippen LogP contribution in [0.5, 0.6) is 0 Å². The fourth-order valence-electron chi connectivity index (χ4n) is 1.92. The molecule has 0 aliphatic heterocycles. The third kappa shape index (κ3) is 6.19. The Kier molecular flexibility index (Phi) is 6.94. The molecule has 0 aliphatic carbocycles. The largest absolute Gasteiger partial charge is 0.455 e. The van der Waals surface area contributed by atoms with Gasteiger partial charge in [0.25, 0.3) is 5.91 Å². The minimum atomic E-state index is -0.895. The minimum Gasteiger partial charge on any atom is -0.455 e. The second-order valence-electron chi connectivity index (χ2n) is 5.28. The molecular formula is C18H17F2NO3S. The van der Waals surface area contributed by atoms with E-state index in [1.807, 2.05) is 36.5 Å². The van der Waals surface area contributed by atoms with Crippen LogP contribution in [0, 0.1) is 18.6 Å². The molecule has 0 unspecified atom stereocenters. The van der Waals surface area contributed by atoms with E-state index in [0.29, 0.717) is 5.75 Å². The highest BCUT2D eigenvalue weighted by Gasteiger charge is 2.13. The van der Waals surface area contributed by atoms with Crippen molar-refractivity contribution in [1.29, 1.82) is 0 Å². The first kappa shape index (κ1) is 18.9. The van der Waals surface area contributed by atoms with Gasteiger partial charge < -0.3 is 10.1 Å². The number of aryl methyl sites for hydroxylation is 1. The lowest BCUT2D eigenvalue weighted by molar-refractivity contribution is -0.144. The number of rotatable bonds is 7. The Bertz CT molecular complexity index is 730. The molecule has 0 saturated carbocycles. The third-order valence-electron chi connectivity index (χ3n) is 3.20. The van der Waals surface area contributed by atoms with Gasteiger partial charge in [0.1, 0.15) is 17.3 Å². The molecule has 0 spiro atoms. The number of anilines is 1. The van der Waals surface area contributed by atoms with Crippen LogP contribution in [0.3, 0.4) is 0 Å². The van der Waals surface area contributed by atoms with E-state index in [2.05, 4.69) is 0 Å². The van der Waals surface area contributed by atoms with Crippen LogP contribution in [0.4, 0.5) is 14.5 Å². The van der Waals surface area contributed by atoms with Crippen molar-refractivity contribution in [2.75, 3.05) is 17.7 Å². The van der Waals surface area contributed by atoms with E-state index in [9.17, 15) is 18.4 Å². The van der Waals surface area contributed by atoms with Gasteiger partial charge in [0.15, 0.2) is 6.61 Å². The zero-order chi connectivity index (χ0) is 18.2. The van der Waals surface area contributed by atoms with Gasteiger partial charge in [-0.15, -0.1) is 11.8 Å². The van der Waals surface area contributed by atoms with Crippen LogP contribution in [-0.4, -0.2) is 24.2 Å². The van der Waals surface area contributed by atoms with E-state index in [1.165, 1.54) is 17.8 Å². The molecule has 0 atom stereocenters. The number of hydrogen-bond acceptors (Lipinski definition) is 4. The van der Waals surface area contributed by atoms with Crippen LogP contribution in [-0.2, 0) is 20.1 Å². The number of para-hydroxylation sites is 1. The van der Waals surface area contributed by atoms with Crippen LogP contribution >= 0.6 is 11.8 Å².